The zero-order valence-electron chi connectivity index (χ0n) is 12.1. The lowest BCUT2D eigenvalue weighted by Gasteiger charge is -2.03. The van der Waals surface area contributed by atoms with Crippen LogP contribution in [0.5, 0.6) is 0 Å². The van der Waals surface area contributed by atoms with Crippen molar-refractivity contribution in [2.75, 3.05) is 18.6 Å². The van der Waals surface area contributed by atoms with E-state index in [2.05, 4.69) is 35.0 Å². The molecule has 20 heavy (non-hydrogen) atoms. The molecule has 1 aromatic carbocycles. The molecule has 0 amide bonds. The number of rotatable bonds is 9. The molecule has 2 rings (SSSR count). The quantitative estimate of drug-likeness (QED) is 0.717. The van der Waals surface area contributed by atoms with E-state index in [0.717, 1.165) is 18.8 Å². The highest BCUT2D eigenvalue weighted by molar-refractivity contribution is 7.98. The molecule has 0 aliphatic heterocycles. The van der Waals surface area contributed by atoms with Gasteiger partial charge in [0, 0.05) is 18.3 Å². The molecule has 2 aromatic rings. The summed E-state index contributed by atoms with van der Waals surface area (Å²) in [5.74, 6) is 1.28. The maximum Gasteiger partial charge on any atom is 0.0645 e. The smallest absolute Gasteiger partial charge is 0.0645 e. The Morgan fingerprint density at radius 3 is 2.80 bits per heavy atom. The summed E-state index contributed by atoms with van der Waals surface area (Å²) in [4.78, 5) is 0. The Labute approximate surface area is 125 Å². The third-order valence-electron chi connectivity index (χ3n) is 3.19. The number of nitrogens with zero attached hydrogens (tertiary/aromatic N) is 2. The van der Waals surface area contributed by atoms with E-state index in [4.69, 9.17) is 0 Å². The van der Waals surface area contributed by atoms with Crippen LogP contribution in [0.2, 0.25) is 0 Å². The number of hydrogen-bond donors (Lipinski definition) is 1. The van der Waals surface area contributed by atoms with Crippen molar-refractivity contribution in [1.82, 2.24) is 15.1 Å². The largest absolute Gasteiger partial charge is 0.313 e. The highest BCUT2D eigenvalue weighted by Crippen LogP contribution is 2.07. The second-order valence-corrected chi connectivity index (χ2v) is 5.84. The third-order valence-corrected chi connectivity index (χ3v) is 3.88. The van der Waals surface area contributed by atoms with Crippen LogP contribution >= 0.6 is 11.8 Å². The zero-order chi connectivity index (χ0) is 14.0. The first-order chi connectivity index (χ1) is 9.90. The summed E-state index contributed by atoms with van der Waals surface area (Å²) >= 11 is 1.93. The minimum atomic E-state index is 0.898. The second-order valence-electron chi connectivity index (χ2n) is 4.86. The lowest BCUT2D eigenvalue weighted by Crippen LogP contribution is -2.14. The zero-order valence-corrected chi connectivity index (χ0v) is 12.9. The molecule has 0 fully saturated rings. The molecule has 1 heterocycles. The van der Waals surface area contributed by atoms with Gasteiger partial charge in [-0.1, -0.05) is 24.6 Å². The van der Waals surface area contributed by atoms with Gasteiger partial charge < -0.3 is 5.32 Å². The first kappa shape index (κ1) is 15.1. The highest BCUT2D eigenvalue weighted by Gasteiger charge is 2.00. The number of nitrogens with one attached hydrogen (secondary N) is 1. The molecule has 1 aromatic heterocycles. The minimum Gasteiger partial charge on any atom is -0.313 e. The van der Waals surface area contributed by atoms with Crippen LogP contribution in [0.15, 0.2) is 42.7 Å². The number of aromatic nitrogens is 2. The van der Waals surface area contributed by atoms with Crippen LogP contribution < -0.4 is 5.32 Å². The molecule has 0 spiro atoms. The van der Waals surface area contributed by atoms with Crippen LogP contribution in [0.4, 0.5) is 0 Å². The first-order valence-corrected chi connectivity index (χ1v) is 8.58. The summed E-state index contributed by atoms with van der Waals surface area (Å²) < 4.78 is 1.93. The van der Waals surface area contributed by atoms with E-state index in [1.807, 2.05) is 40.8 Å². The van der Waals surface area contributed by atoms with Crippen LogP contribution in [-0.2, 0) is 6.54 Å². The average Bonchev–Trinajstić information content (AvgIpc) is 2.96. The SMILES string of the molecule is CSCCCCCNCc1cnn(-c2ccccc2)c1. The molecule has 108 valence electrons. The fraction of sp³-hybridized carbons (Fsp3) is 0.438. The summed E-state index contributed by atoms with van der Waals surface area (Å²) in [7, 11) is 0. The van der Waals surface area contributed by atoms with E-state index in [-0.39, 0.29) is 0 Å². The number of hydrogen-bond acceptors (Lipinski definition) is 3. The van der Waals surface area contributed by atoms with Gasteiger partial charge in [-0.2, -0.15) is 16.9 Å². The fourth-order valence-electron chi connectivity index (χ4n) is 2.08. The van der Waals surface area contributed by atoms with E-state index >= 15 is 0 Å². The van der Waals surface area contributed by atoms with E-state index in [9.17, 15) is 0 Å². The van der Waals surface area contributed by atoms with E-state index in [1.165, 1.54) is 30.6 Å². The average molecular weight is 289 g/mol. The Balaban J connectivity index is 1.69. The van der Waals surface area contributed by atoms with Crippen LogP contribution in [0.25, 0.3) is 5.69 Å². The maximum atomic E-state index is 4.40. The van der Waals surface area contributed by atoms with Crippen molar-refractivity contribution < 1.29 is 0 Å². The van der Waals surface area contributed by atoms with Gasteiger partial charge in [0.05, 0.1) is 11.9 Å². The van der Waals surface area contributed by atoms with Crippen LogP contribution in [0, 0.1) is 0 Å². The predicted octanol–water partition coefficient (Wildman–Crippen LogP) is 3.50. The van der Waals surface area contributed by atoms with Gasteiger partial charge in [-0.25, -0.2) is 4.68 Å². The second kappa shape index (κ2) is 8.82. The molecular formula is C16H23N3S. The highest BCUT2D eigenvalue weighted by atomic mass is 32.2. The Morgan fingerprint density at radius 2 is 2.00 bits per heavy atom. The van der Waals surface area contributed by atoms with Crippen molar-refractivity contribution in [2.45, 2.75) is 25.8 Å². The van der Waals surface area contributed by atoms with Gasteiger partial charge in [-0.15, -0.1) is 0 Å². The molecule has 0 aliphatic rings. The van der Waals surface area contributed by atoms with Gasteiger partial charge >= 0.3 is 0 Å². The van der Waals surface area contributed by atoms with Gasteiger partial charge in [-0.3, -0.25) is 0 Å². The van der Waals surface area contributed by atoms with Crippen molar-refractivity contribution in [3.05, 3.63) is 48.3 Å². The van der Waals surface area contributed by atoms with E-state index in [1.54, 1.807) is 0 Å². The molecule has 0 saturated carbocycles. The summed E-state index contributed by atoms with van der Waals surface area (Å²) in [5, 5.41) is 7.88. The maximum absolute atomic E-state index is 4.40. The fourth-order valence-corrected chi connectivity index (χ4v) is 2.57. The Hall–Kier alpha value is -1.26. The number of thioether (sulfide) groups is 1. The minimum absolute atomic E-state index is 0.898. The predicted molar refractivity (Wildman–Crippen MR) is 87.5 cm³/mol. The Bertz CT molecular complexity index is 481. The van der Waals surface area contributed by atoms with Crippen LogP contribution in [0.1, 0.15) is 24.8 Å². The Kier molecular flexibility index (Phi) is 6.68. The molecule has 1 N–H and O–H groups in total. The molecule has 0 unspecified atom stereocenters. The van der Waals surface area contributed by atoms with Gasteiger partial charge in [0.15, 0.2) is 0 Å². The normalized spacial score (nSPS) is 10.8. The van der Waals surface area contributed by atoms with Crippen molar-refractivity contribution in [3.8, 4) is 5.69 Å². The van der Waals surface area contributed by atoms with Gasteiger partial charge in [0.2, 0.25) is 0 Å². The topological polar surface area (TPSA) is 29.9 Å². The summed E-state index contributed by atoms with van der Waals surface area (Å²) in [6.07, 6.45) is 10.1. The third kappa shape index (κ3) is 5.02. The van der Waals surface area contributed by atoms with Crippen molar-refractivity contribution in [1.29, 1.82) is 0 Å². The lowest BCUT2D eigenvalue weighted by atomic mass is 10.2. The number of benzene rings is 1. The van der Waals surface area contributed by atoms with Crippen molar-refractivity contribution >= 4 is 11.8 Å². The molecule has 0 atom stereocenters. The summed E-state index contributed by atoms with van der Waals surface area (Å²) in [6.45, 7) is 1.99. The van der Waals surface area contributed by atoms with Crippen molar-refractivity contribution in [3.63, 3.8) is 0 Å². The standard InChI is InChI=1S/C16H23N3S/c1-20-11-7-3-6-10-17-12-15-13-18-19(14-15)16-8-4-2-5-9-16/h2,4-5,8-9,13-14,17H,3,6-7,10-12H2,1H3. The number of para-hydroxylation sites is 1. The lowest BCUT2D eigenvalue weighted by molar-refractivity contribution is 0.618. The first-order valence-electron chi connectivity index (χ1n) is 7.19. The van der Waals surface area contributed by atoms with Gasteiger partial charge in [0.25, 0.3) is 0 Å². The van der Waals surface area contributed by atoms with Crippen LogP contribution in [0.3, 0.4) is 0 Å². The Morgan fingerprint density at radius 1 is 1.15 bits per heavy atom. The molecule has 0 saturated heterocycles. The molecular weight excluding hydrogens is 266 g/mol. The monoisotopic (exact) mass is 289 g/mol. The number of unbranched alkanes of at least 4 members (excludes halogenated alkanes) is 2. The summed E-state index contributed by atoms with van der Waals surface area (Å²) in [5.41, 5.74) is 2.34. The summed E-state index contributed by atoms with van der Waals surface area (Å²) in [6, 6.07) is 10.2. The molecule has 0 bridgehead atoms. The van der Waals surface area contributed by atoms with E-state index in [0.29, 0.717) is 0 Å². The molecule has 3 nitrogen and oxygen atoms in total. The van der Waals surface area contributed by atoms with Crippen LogP contribution in [-0.4, -0.2) is 28.3 Å². The van der Waals surface area contributed by atoms with Gasteiger partial charge in [0.1, 0.15) is 0 Å². The van der Waals surface area contributed by atoms with Crippen molar-refractivity contribution in [2.24, 2.45) is 0 Å². The molecule has 0 aliphatic carbocycles. The van der Waals surface area contributed by atoms with Gasteiger partial charge in [-0.05, 0) is 43.5 Å². The van der Waals surface area contributed by atoms with E-state index < -0.39 is 0 Å². The molecule has 0 radical (unpaired) electrons. The molecule has 4 heteroatoms.